The summed E-state index contributed by atoms with van der Waals surface area (Å²) in [6.07, 6.45) is -9.78. The van der Waals surface area contributed by atoms with Gasteiger partial charge in [-0.25, -0.2) is 0 Å². The zero-order valence-electron chi connectivity index (χ0n) is 25.7. The van der Waals surface area contributed by atoms with Gasteiger partial charge in [0, 0.05) is 27.8 Å². The van der Waals surface area contributed by atoms with Crippen molar-refractivity contribution >= 4 is 43.0 Å². The van der Waals surface area contributed by atoms with E-state index in [9.17, 15) is 57.1 Å². The lowest BCUT2D eigenvalue weighted by Crippen LogP contribution is -2.70. The van der Waals surface area contributed by atoms with E-state index in [-0.39, 0.29) is 0 Å². The Kier molecular flexibility index (Phi) is 13.4. The predicted molar refractivity (Wildman–Crippen MR) is 141 cm³/mol. The third-order valence-corrected chi connectivity index (χ3v) is 23.6. The summed E-state index contributed by atoms with van der Waals surface area (Å²) in [6, 6.07) is -1.15. The number of alkyl halides is 13. The van der Waals surface area contributed by atoms with Crippen molar-refractivity contribution in [3.05, 3.63) is 0 Å². The topological polar surface area (TPSA) is 64.6 Å². The first-order chi connectivity index (χ1) is 19.0. The van der Waals surface area contributed by atoms with E-state index in [1.54, 1.807) is 26.2 Å². The Bertz CT molecular complexity index is 955. The summed E-state index contributed by atoms with van der Waals surface area (Å²) in [6.45, 7) is 11.5. The van der Waals surface area contributed by atoms with Crippen LogP contribution in [-0.4, -0.2) is 100 Å². The Hall–Kier alpha value is -0.106. The van der Waals surface area contributed by atoms with E-state index in [0.717, 1.165) is 13.1 Å². The summed E-state index contributed by atoms with van der Waals surface area (Å²) in [5, 5.41) is 0. The molecule has 0 aromatic rings. The van der Waals surface area contributed by atoms with Crippen molar-refractivity contribution in [1.82, 2.24) is 0 Å². The smallest absolute Gasteiger partial charge is 0.436 e. The van der Waals surface area contributed by atoms with Gasteiger partial charge in [-0.2, -0.15) is 57.1 Å². The monoisotopic (exact) mass is 764 g/mol. The van der Waals surface area contributed by atoms with Crippen LogP contribution in [-0.2, 0) is 29.7 Å². The first-order valence-electron chi connectivity index (χ1n) is 12.4. The largest absolute Gasteiger partial charge is 0.669 e. The van der Waals surface area contributed by atoms with Gasteiger partial charge < -0.3 is 29.7 Å². The zero-order valence-corrected chi connectivity index (χ0v) is 30.7. The fourth-order valence-corrected chi connectivity index (χ4v) is 25.7. The van der Waals surface area contributed by atoms with Crippen molar-refractivity contribution in [2.24, 2.45) is 0 Å². The van der Waals surface area contributed by atoms with Crippen LogP contribution >= 0.6 is 0 Å². The van der Waals surface area contributed by atoms with Gasteiger partial charge in [0.1, 0.15) is 0 Å². The average molecular weight is 765 g/mol. The molecular weight excluding hydrogens is 728 g/mol. The maximum atomic E-state index is 14.4. The summed E-state index contributed by atoms with van der Waals surface area (Å²) in [5.41, 5.74) is 0. The Morgan fingerprint density at radius 2 is 0.750 bits per heavy atom. The highest BCUT2D eigenvalue weighted by Gasteiger charge is 2.90. The molecule has 0 radical (unpaired) electrons. The van der Waals surface area contributed by atoms with E-state index in [2.05, 4.69) is 0 Å². The van der Waals surface area contributed by atoms with Crippen LogP contribution in [0.2, 0.25) is 58.4 Å². The first-order valence-corrected chi connectivity index (χ1v) is 25.6. The molecular formula is C19H37F13O7Si5. The second-order valence-electron chi connectivity index (χ2n) is 11.5. The average Bonchev–Trinajstić information content (AvgIpc) is 2.77. The Balaban J connectivity index is 5.87. The lowest BCUT2D eigenvalue weighted by atomic mass is 9.93. The molecule has 0 bridgehead atoms. The van der Waals surface area contributed by atoms with Crippen molar-refractivity contribution in [2.75, 3.05) is 21.3 Å². The molecule has 0 aliphatic carbocycles. The molecule has 0 spiro atoms. The molecule has 7 nitrogen and oxygen atoms in total. The standard InChI is InChI=1S/C19H37F13O7Si5/c1-33-44(34-2,35-3)39-43(10,11)38-42(8,9)37-41(6,7)36-40(4,5)13-12-14(20,21)15(22,23)16(24,25)17(26,27)18(28,29)19(30,31)32/h12-13H2,1-11H3. The van der Waals surface area contributed by atoms with Crippen molar-refractivity contribution in [3.8, 4) is 0 Å². The lowest BCUT2D eigenvalue weighted by Gasteiger charge is -2.42. The molecule has 25 heteroatoms. The summed E-state index contributed by atoms with van der Waals surface area (Å²) in [7, 11) is -13.2. The molecule has 0 unspecified atom stereocenters. The van der Waals surface area contributed by atoms with E-state index in [0.29, 0.717) is 0 Å². The van der Waals surface area contributed by atoms with Crippen molar-refractivity contribution in [2.45, 2.75) is 101 Å². The van der Waals surface area contributed by atoms with Crippen LogP contribution in [0.3, 0.4) is 0 Å². The SMILES string of the molecule is CO[Si](OC)(OC)O[Si](C)(C)O[Si](C)(C)O[Si](C)(C)O[Si](C)(C)CCC(F)(F)C(F)(F)C(F)(F)C(F)(F)C(F)(F)C(F)(F)F. The van der Waals surface area contributed by atoms with Gasteiger partial charge in [-0.3, -0.25) is 0 Å². The third kappa shape index (κ3) is 9.72. The van der Waals surface area contributed by atoms with Crippen LogP contribution in [0.5, 0.6) is 0 Å². The molecule has 0 aliphatic rings. The molecule has 0 amide bonds. The summed E-state index contributed by atoms with van der Waals surface area (Å²) in [5.74, 6) is -37.0. The van der Waals surface area contributed by atoms with E-state index in [1.807, 2.05) is 0 Å². The number of rotatable bonds is 18. The highest BCUT2D eigenvalue weighted by Crippen LogP contribution is 2.61. The van der Waals surface area contributed by atoms with Gasteiger partial charge in [0.05, 0.1) is 0 Å². The highest BCUT2D eigenvalue weighted by molar-refractivity contribution is 6.89. The predicted octanol–water partition coefficient (Wildman–Crippen LogP) is 7.87. The van der Waals surface area contributed by atoms with Gasteiger partial charge in [0.2, 0.25) is 0 Å². The fourth-order valence-electron chi connectivity index (χ4n) is 4.06. The Labute approximate surface area is 252 Å². The molecule has 266 valence electrons. The summed E-state index contributed by atoms with van der Waals surface area (Å²) in [4.78, 5) is 0. The molecule has 0 saturated carbocycles. The molecule has 0 aromatic carbocycles. The number of hydrogen-bond acceptors (Lipinski definition) is 7. The molecule has 0 aromatic heterocycles. The Morgan fingerprint density at radius 1 is 0.432 bits per heavy atom. The second-order valence-corrected chi connectivity index (χ2v) is 29.4. The van der Waals surface area contributed by atoms with Crippen molar-refractivity contribution < 1.29 is 86.8 Å². The van der Waals surface area contributed by atoms with E-state index in [4.69, 9.17) is 29.7 Å². The maximum absolute atomic E-state index is 14.4. The van der Waals surface area contributed by atoms with Gasteiger partial charge in [-0.1, -0.05) is 0 Å². The van der Waals surface area contributed by atoms with Gasteiger partial charge in [0.15, 0.2) is 8.32 Å². The third-order valence-electron chi connectivity index (χ3n) is 5.67. The van der Waals surface area contributed by atoms with Crippen LogP contribution in [0.4, 0.5) is 57.1 Å². The zero-order chi connectivity index (χ0) is 35.9. The van der Waals surface area contributed by atoms with Crippen LogP contribution in [0, 0.1) is 0 Å². The first kappa shape index (κ1) is 43.9. The van der Waals surface area contributed by atoms with Crippen LogP contribution in [0.1, 0.15) is 6.42 Å². The maximum Gasteiger partial charge on any atom is 0.669 e. The minimum atomic E-state index is -7.94. The molecule has 0 heterocycles. The van der Waals surface area contributed by atoms with Gasteiger partial charge in [0.25, 0.3) is 0 Å². The highest BCUT2D eigenvalue weighted by atomic mass is 28.5. The normalized spacial score (nSPS) is 16.1. The second kappa shape index (κ2) is 13.4. The minimum Gasteiger partial charge on any atom is -0.436 e. The van der Waals surface area contributed by atoms with Crippen LogP contribution in [0.25, 0.3) is 0 Å². The van der Waals surface area contributed by atoms with E-state index >= 15 is 0 Å². The molecule has 0 atom stereocenters. The lowest BCUT2D eigenvalue weighted by molar-refractivity contribution is -0.439. The van der Waals surface area contributed by atoms with Crippen molar-refractivity contribution in [1.29, 1.82) is 0 Å². The van der Waals surface area contributed by atoms with Crippen molar-refractivity contribution in [3.63, 3.8) is 0 Å². The fraction of sp³-hybridized carbons (Fsp3) is 1.00. The number of halogens is 13. The molecule has 0 rings (SSSR count). The quantitative estimate of drug-likeness (QED) is 0.104. The van der Waals surface area contributed by atoms with E-state index < -0.39 is 91.3 Å². The Morgan fingerprint density at radius 3 is 1.09 bits per heavy atom. The molecule has 0 fully saturated rings. The minimum absolute atomic E-state index is 1.15. The molecule has 0 N–H and O–H groups in total. The summed E-state index contributed by atoms with van der Waals surface area (Å²) >= 11 is 0. The molecule has 0 saturated heterocycles. The van der Waals surface area contributed by atoms with Crippen LogP contribution < -0.4 is 0 Å². The van der Waals surface area contributed by atoms with Gasteiger partial charge >= 0.3 is 70.5 Å². The van der Waals surface area contributed by atoms with Crippen LogP contribution in [0.15, 0.2) is 0 Å². The summed E-state index contributed by atoms with van der Waals surface area (Å²) < 4.78 is 214. The molecule has 0 aliphatic heterocycles. The van der Waals surface area contributed by atoms with Gasteiger partial charge in [-0.15, -0.1) is 0 Å². The number of hydrogen-bond donors (Lipinski definition) is 0. The van der Waals surface area contributed by atoms with Gasteiger partial charge in [-0.05, 0) is 58.4 Å². The van der Waals surface area contributed by atoms with E-state index in [1.165, 1.54) is 34.4 Å². The molecule has 44 heavy (non-hydrogen) atoms.